The summed E-state index contributed by atoms with van der Waals surface area (Å²) in [6.07, 6.45) is 7.60. The topological polar surface area (TPSA) is 21.3 Å². The van der Waals surface area contributed by atoms with Crippen LogP contribution in [0, 0.1) is 29.6 Å². The normalized spacial score (nSPS) is 53.8. The van der Waals surface area contributed by atoms with E-state index in [4.69, 9.17) is 4.74 Å². The SMILES string of the molecule is CC(C)C1CC(NC2C3C4CCC(C4)C23)CCO1. The van der Waals surface area contributed by atoms with Crippen molar-refractivity contribution in [1.29, 1.82) is 0 Å². The summed E-state index contributed by atoms with van der Waals surface area (Å²) in [7, 11) is 0. The van der Waals surface area contributed by atoms with Crippen LogP contribution in [0.4, 0.5) is 0 Å². The lowest BCUT2D eigenvalue weighted by molar-refractivity contribution is -0.0251. The largest absolute Gasteiger partial charge is 0.378 e. The lowest BCUT2D eigenvalue weighted by atomic mass is 9.95. The Kier molecular flexibility index (Phi) is 2.74. The molecular formula is C16H27NO. The Balaban J connectivity index is 1.33. The van der Waals surface area contributed by atoms with Crippen LogP contribution in [0.15, 0.2) is 0 Å². The van der Waals surface area contributed by atoms with E-state index in [0.717, 1.165) is 42.4 Å². The molecule has 2 nitrogen and oxygen atoms in total. The van der Waals surface area contributed by atoms with Crippen LogP contribution in [0.3, 0.4) is 0 Å². The highest BCUT2D eigenvalue weighted by atomic mass is 16.5. The molecule has 0 aromatic carbocycles. The van der Waals surface area contributed by atoms with E-state index in [1.807, 2.05) is 0 Å². The van der Waals surface area contributed by atoms with Gasteiger partial charge in [0.05, 0.1) is 6.10 Å². The summed E-state index contributed by atoms with van der Waals surface area (Å²) >= 11 is 0. The zero-order valence-electron chi connectivity index (χ0n) is 11.8. The van der Waals surface area contributed by atoms with Crippen LogP contribution >= 0.6 is 0 Å². The predicted molar refractivity (Wildman–Crippen MR) is 72.3 cm³/mol. The maximum atomic E-state index is 5.88. The molecule has 102 valence electrons. The fourth-order valence-electron chi connectivity index (χ4n) is 5.26. The van der Waals surface area contributed by atoms with Crippen molar-refractivity contribution in [2.75, 3.05) is 6.61 Å². The molecule has 1 aliphatic heterocycles. The van der Waals surface area contributed by atoms with Gasteiger partial charge in [0.25, 0.3) is 0 Å². The Hall–Kier alpha value is -0.0800. The van der Waals surface area contributed by atoms with E-state index in [2.05, 4.69) is 19.2 Å². The van der Waals surface area contributed by atoms with Crippen molar-refractivity contribution in [2.24, 2.45) is 29.6 Å². The summed E-state index contributed by atoms with van der Waals surface area (Å²) in [6.45, 7) is 5.55. The molecule has 4 aliphatic rings. The smallest absolute Gasteiger partial charge is 0.0612 e. The van der Waals surface area contributed by atoms with Gasteiger partial charge in [-0.2, -0.15) is 0 Å². The number of nitrogens with one attached hydrogen (secondary N) is 1. The van der Waals surface area contributed by atoms with Crippen molar-refractivity contribution in [3.8, 4) is 0 Å². The molecule has 6 unspecified atom stereocenters. The van der Waals surface area contributed by atoms with Gasteiger partial charge in [-0.1, -0.05) is 13.8 Å². The van der Waals surface area contributed by atoms with Gasteiger partial charge < -0.3 is 10.1 Å². The van der Waals surface area contributed by atoms with E-state index >= 15 is 0 Å². The van der Waals surface area contributed by atoms with Crippen LogP contribution < -0.4 is 5.32 Å². The predicted octanol–water partition coefficient (Wildman–Crippen LogP) is 2.82. The second-order valence-corrected chi connectivity index (χ2v) is 7.55. The fraction of sp³-hybridized carbons (Fsp3) is 1.00. The van der Waals surface area contributed by atoms with Crippen LogP contribution in [0.5, 0.6) is 0 Å². The van der Waals surface area contributed by atoms with Crippen molar-refractivity contribution in [2.45, 2.75) is 64.1 Å². The van der Waals surface area contributed by atoms with Crippen molar-refractivity contribution in [3.63, 3.8) is 0 Å². The average molecular weight is 249 g/mol. The Bertz CT molecular complexity index is 313. The minimum absolute atomic E-state index is 0.492. The molecule has 0 radical (unpaired) electrons. The second kappa shape index (κ2) is 4.21. The molecule has 18 heavy (non-hydrogen) atoms. The number of hydrogen-bond donors (Lipinski definition) is 1. The number of ether oxygens (including phenoxy) is 1. The molecule has 2 bridgehead atoms. The summed E-state index contributed by atoms with van der Waals surface area (Å²) in [5, 5.41) is 4.00. The molecular weight excluding hydrogens is 222 g/mol. The molecule has 1 heterocycles. The van der Waals surface area contributed by atoms with E-state index in [1.165, 1.54) is 25.7 Å². The Morgan fingerprint density at radius 2 is 1.72 bits per heavy atom. The Morgan fingerprint density at radius 3 is 2.39 bits per heavy atom. The molecule has 0 aromatic rings. The molecule has 0 aromatic heterocycles. The fourth-order valence-corrected chi connectivity index (χ4v) is 5.26. The standard InChI is InChI=1S/C16H27NO/c1-9(2)13-8-12(5-6-18-13)17-16-14-10-3-4-11(7-10)15(14)16/h9-17H,3-8H2,1-2H3. The molecule has 1 N–H and O–H groups in total. The molecule has 3 aliphatic carbocycles. The van der Waals surface area contributed by atoms with Crippen molar-refractivity contribution < 1.29 is 4.74 Å². The average Bonchev–Trinajstić information content (AvgIpc) is 2.77. The zero-order valence-corrected chi connectivity index (χ0v) is 11.8. The van der Waals surface area contributed by atoms with Gasteiger partial charge in [0.2, 0.25) is 0 Å². The first kappa shape index (κ1) is 11.7. The molecule has 4 fully saturated rings. The van der Waals surface area contributed by atoms with Crippen molar-refractivity contribution >= 4 is 0 Å². The maximum absolute atomic E-state index is 5.88. The zero-order chi connectivity index (χ0) is 12.3. The van der Waals surface area contributed by atoms with Crippen LogP contribution in [-0.2, 0) is 4.74 Å². The summed E-state index contributed by atoms with van der Waals surface area (Å²) in [5.74, 6) is 5.01. The van der Waals surface area contributed by atoms with Gasteiger partial charge >= 0.3 is 0 Å². The van der Waals surface area contributed by atoms with Crippen molar-refractivity contribution in [3.05, 3.63) is 0 Å². The highest BCUT2D eigenvalue weighted by Gasteiger charge is 2.65. The van der Waals surface area contributed by atoms with E-state index in [0.29, 0.717) is 12.0 Å². The summed E-state index contributed by atoms with van der Waals surface area (Å²) < 4.78 is 5.88. The van der Waals surface area contributed by atoms with Gasteiger partial charge in [-0.3, -0.25) is 0 Å². The number of hydrogen-bond acceptors (Lipinski definition) is 2. The molecule has 1 saturated heterocycles. The highest BCUT2D eigenvalue weighted by Crippen LogP contribution is 2.65. The first-order chi connectivity index (χ1) is 8.74. The first-order valence-corrected chi connectivity index (χ1v) is 8.11. The second-order valence-electron chi connectivity index (χ2n) is 7.55. The molecule has 2 heteroatoms. The molecule has 0 amide bonds. The Morgan fingerprint density at radius 1 is 1.00 bits per heavy atom. The van der Waals surface area contributed by atoms with Gasteiger partial charge in [0.15, 0.2) is 0 Å². The molecule has 4 rings (SSSR count). The van der Waals surface area contributed by atoms with Crippen LogP contribution in [0.25, 0.3) is 0 Å². The summed E-state index contributed by atoms with van der Waals surface area (Å²) in [6, 6.07) is 1.63. The monoisotopic (exact) mass is 249 g/mol. The van der Waals surface area contributed by atoms with Gasteiger partial charge in [-0.05, 0) is 61.7 Å². The van der Waals surface area contributed by atoms with Gasteiger partial charge in [0, 0.05) is 18.7 Å². The lowest BCUT2D eigenvalue weighted by Gasteiger charge is -2.33. The highest BCUT2D eigenvalue weighted by molar-refractivity contribution is 5.17. The molecule has 0 spiro atoms. The minimum atomic E-state index is 0.492. The molecule has 3 saturated carbocycles. The lowest BCUT2D eigenvalue weighted by Crippen LogP contribution is -2.43. The van der Waals surface area contributed by atoms with E-state index in [9.17, 15) is 0 Å². The van der Waals surface area contributed by atoms with Crippen molar-refractivity contribution in [1.82, 2.24) is 5.32 Å². The third-order valence-electron chi connectivity index (χ3n) is 6.22. The summed E-state index contributed by atoms with van der Waals surface area (Å²) in [4.78, 5) is 0. The van der Waals surface area contributed by atoms with E-state index in [-0.39, 0.29) is 0 Å². The van der Waals surface area contributed by atoms with Gasteiger partial charge in [-0.15, -0.1) is 0 Å². The molecule has 6 atom stereocenters. The third-order valence-corrected chi connectivity index (χ3v) is 6.22. The van der Waals surface area contributed by atoms with E-state index in [1.54, 1.807) is 6.42 Å². The van der Waals surface area contributed by atoms with Crippen LogP contribution in [-0.4, -0.2) is 24.8 Å². The van der Waals surface area contributed by atoms with Gasteiger partial charge in [0.1, 0.15) is 0 Å². The maximum Gasteiger partial charge on any atom is 0.0612 e. The van der Waals surface area contributed by atoms with Gasteiger partial charge in [-0.25, -0.2) is 0 Å². The number of rotatable bonds is 3. The van der Waals surface area contributed by atoms with Crippen LogP contribution in [0.1, 0.15) is 46.0 Å². The number of fused-ring (bicyclic) bond motifs is 5. The third kappa shape index (κ3) is 1.76. The Labute approximate surface area is 111 Å². The summed E-state index contributed by atoms with van der Waals surface area (Å²) in [5.41, 5.74) is 0. The quantitative estimate of drug-likeness (QED) is 0.830. The minimum Gasteiger partial charge on any atom is -0.378 e. The first-order valence-electron chi connectivity index (χ1n) is 8.11. The van der Waals surface area contributed by atoms with Crippen LogP contribution in [0.2, 0.25) is 0 Å². The van der Waals surface area contributed by atoms with E-state index < -0.39 is 0 Å².